The van der Waals surface area contributed by atoms with Crippen LogP contribution in [0.1, 0.15) is 36.6 Å². The summed E-state index contributed by atoms with van der Waals surface area (Å²) in [5, 5.41) is 19.7. The first-order valence-electron chi connectivity index (χ1n) is 7.74. The lowest BCUT2D eigenvalue weighted by Gasteiger charge is -2.36. The van der Waals surface area contributed by atoms with Gasteiger partial charge < -0.3 is 14.9 Å². The van der Waals surface area contributed by atoms with Crippen molar-refractivity contribution in [2.75, 3.05) is 0 Å². The maximum atomic E-state index is 9.93. The van der Waals surface area contributed by atoms with Crippen LogP contribution in [0.15, 0.2) is 36.4 Å². The molecule has 1 aliphatic heterocycles. The van der Waals surface area contributed by atoms with Crippen molar-refractivity contribution in [3.05, 3.63) is 53.1 Å². The molecule has 0 bridgehead atoms. The highest BCUT2D eigenvalue weighted by Crippen LogP contribution is 2.44. The lowest BCUT2D eigenvalue weighted by molar-refractivity contribution is 0.0848. The van der Waals surface area contributed by atoms with Gasteiger partial charge in [0.25, 0.3) is 0 Å². The summed E-state index contributed by atoms with van der Waals surface area (Å²) in [7, 11) is 0. The van der Waals surface area contributed by atoms with E-state index in [4.69, 9.17) is 4.74 Å². The second-order valence-electron chi connectivity index (χ2n) is 6.46. The molecule has 0 saturated heterocycles. The van der Waals surface area contributed by atoms with Crippen molar-refractivity contribution in [2.45, 2.75) is 33.3 Å². The summed E-state index contributed by atoms with van der Waals surface area (Å²) in [4.78, 5) is 0. The van der Waals surface area contributed by atoms with Gasteiger partial charge in [0, 0.05) is 5.92 Å². The van der Waals surface area contributed by atoms with Crippen molar-refractivity contribution in [1.82, 2.24) is 0 Å². The maximum absolute atomic E-state index is 9.93. The van der Waals surface area contributed by atoms with Crippen LogP contribution >= 0.6 is 0 Å². The smallest absolute Gasteiger partial charge is 0.160 e. The van der Waals surface area contributed by atoms with Crippen LogP contribution in [0.25, 0.3) is 0 Å². The number of hydrogen-bond donors (Lipinski definition) is 2. The Balaban J connectivity index is 2.04. The van der Waals surface area contributed by atoms with Crippen LogP contribution in [0.4, 0.5) is 0 Å². The molecule has 1 aliphatic rings. The Bertz CT molecular complexity index is 668. The molecule has 2 N–H and O–H groups in total. The fraction of sp³-hybridized carbons (Fsp3) is 0.368. The number of phenolic OH excluding ortho intramolecular Hbond substituents is 2. The van der Waals surface area contributed by atoms with E-state index in [1.54, 1.807) is 13.0 Å². The van der Waals surface area contributed by atoms with Crippen molar-refractivity contribution >= 4 is 0 Å². The maximum Gasteiger partial charge on any atom is 0.160 e. The number of fused-ring (bicyclic) bond motifs is 1. The van der Waals surface area contributed by atoms with Gasteiger partial charge in [-0.25, -0.2) is 0 Å². The predicted molar refractivity (Wildman–Crippen MR) is 86.4 cm³/mol. The number of rotatable bonds is 2. The first-order chi connectivity index (χ1) is 10.5. The van der Waals surface area contributed by atoms with Crippen molar-refractivity contribution in [2.24, 2.45) is 11.8 Å². The van der Waals surface area contributed by atoms with Gasteiger partial charge in [0.05, 0.1) is 0 Å². The Morgan fingerprint density at radius 3 is 2.55 bits per heavy atom. The number of aryl methyl sites for hydroxylation is 1. The molecule has 0 fully saturated rings. The number of para-hydroxylation sites is 1. The molecule has 0 unspecified atom stereocenters. The summed E-state index contributed by atoms with van der Waals surface area (Å²) < 4.78 is 6.25. The zero-order valence-corrected chi connectivity index (χ0v) is 13.2. The van der Waals surface area contributed by atoms with Gasteiger partial charge in [-0.3, -0.25) is 0 Å². The lowest BCUT2D eigenvalue weighted by atomic mass is 9.79. The third-order valence-corrected chi connectivity index (χ3v) is 4.56. The summed E-state index contributed by atoms with van der Waals surface area (Å²) in [5.41, 5.74) is 2.82. The molecule has 0 saturated carbocycles. The minimum atomic E-state index is -0.111. The minimum Gasteiger partial charge on any atom is -0.504 e. The molecular weight excluding hydrogens is 276 g/mol. The van der Waals surface area contributed by atoms with Crippen LogP contribution in [0.5, 0.6) is 17.2 Å². The first-order valence-corrected chi connectivity index (χ1v) is 7.74. The van der Waals surface area contributed by atoms with Crippen LogP contribution < -0.4 is 4.74 Å². The molecule has 3 heteroatoms. The van der Waals surface area contributed by atoms with Crippen LogP contribution in [0.3, 0.4) is 0 Å². The van der Waals surface area contributed by atoms with Crippen LogP contribution in [-0.2, 0) is 6.42 Å². The summed E-state index contributed by atoms with van der Waals surface area (Å²) in [6.45, 7) is 6.18. The first kappa shape index (κ1) is 14.8. The van der Waals surface area contributed by atoms with Crippen LogP contribution in [0, 0.1) is 18.8 Å². The van der Waals surface area contributed by atoms with Crippen LogP contribution in [0.2, 0.25) is 0 Å². The molecule has 0 spiro atoms. The highest BCUT2D eigenvalue weighted by molar-refractivity contribution is 5.48. The van der Waals surface area contributed by atoms with E-state index in [0.717, 1.165) is 17.7 Å². The van der Waals surface area contributed by atoms with E-state index in [9.17, 15) is 10.2 Å². The Morgan fingerprint density at radius 2 is 1.86 bits per heavy atom. The Labute approximate surface area is 131 Å². The second-order valence-corrected chi connectivity index (χ2v) is 6.46. The number of ether oxygens (including phenoxy) is 1. The molecule has 22 heavy (non-hydrogen) atoms. The lowest BCUT2D eigenvalue weighted by Crippen LogP contribution is -2.29. The van der Waals surface area contributed by atoms with Crippen molar-refractivity contribution in [1.29, 1.82) is 0 Å². The van der Waals surface area contributed by atoms with Crippen molar-refractivity contribution in [3.63, 3.8) is 0 Å². The van der Waals surface area contributed by atoms with Gasteiger partial charge in [0.1, 0.15) is 11.9 Å². The van der Waals surface area contributed by atoms with Gasteiger partial charge >= 0.3 is 0 Å². The molecule has 2 aromatic rings. The largest absolute Gasteiger partial charge is 0.504 e. The average Bonchev–Trinajstić information content (AvgIpc) is 2.50. The molecular formula is C19H22O3. The Kier molecular flexibility index (Phi) is 3.73. The van der Waals surface area contributed by atoms with Gasteiger partial charge in [-0.15, -0.1) is 0 Å². The summed E-state index contributed by atoms with van der Waals surface area (Å²) in [6, 6.07) is 11.6. The minimum absolute atomic E-state index is 0.0546. The third-order valence-electron chi connectivity index (χ3n) is 4.56. The molecule has 2 atom stereocenters. The molecule has 1 heterocycles. The quantitative estimate of drug-likeness (QED) is 0.810. The molecule has 0 amide bonds. The molecule has 3 rings (SSSR count). The second kappa shape index (κ2) is 5.56. The fourth-order valence-corrected chi connectivity index (χ4v) is 3.23. The molecule has 2 aromatic carbocycles. The van der Waals surface area contributed by atoms with E-state index in [0.29, 0.717) is 17.4 Å². The fourth-order valence-electron chi connectivity index (χ4n) is 3.23. The predicted octanol–water partition coefficient (Wildman–Crippen LogP) is 4.35. The van der Waals surface area contributed by atoms with Gasteiger partial charge in [-0.1, -0.05) is 32.0 Å². The van der Waals surface area contributed by atoms with E-state index in [1.807, 2.05) is 24.3 Å². The van der Waals surface area contributed by atoms with Gasteiger partial charge in [0.2, 0.25) is 0 Å². The standard InChI is InChI=1S/C19H22O3/c1-11(2)15-9-13-6-4-5-7-17(13)22-19(15)14-8-12(3)18(21)16(20)10-14/h4-8,10-11,15,19-21H,9H2,1-3H3/t15-,19+/m0/s1. The zero-order valence-electron chi connectivity index (χ0n) is 13.2. The van der Waals surface area contributed by atoms with E-state index in [1.165, 1.54) is 5.56 Å². The SMILES string of the molecule is Cc1cc([C@H]2Oc3ccccc3C[C@H]2C(C)C)cc(O)c1O. The van der Waals surface area contributed by atoms with Crippen LogP contribution in [-0.4, -0.2) is 10.2 Å². The van der Waals surface area contributed by atoms with E-state index in [-0.39, 0.29) is 17.6 Å². The van der Waals surface area contributed by atoms with E-state index in [2.05, 4.69) is 19.9 Å². The molecule has 0 radical (unpaired) electrons. The monoisotopic (exact) mass is 298 g/mol. The number of benzene rings is 2. The van der Waals surface area contributed by atoms with E-state index >= 15 is 0 Å². The van der Waals surface area contributed by atoms with Crippen molar-refractivity contribution < 1.29 is 14.9 Å². The molecule has 3 nitrogen and oxygen atoms in total. The number of phenols is 2. The topological polar surface area (TPSA) is 49.7 Å². The summed E-state index contributed by atoms with van der Waals surface area (Å²) in [6.07, 6.45) is 0.847. The van der Waals surface area contributed by atoms with Crippen molar-refractivity contribution in [3.8, 4) is 17.2 Å². The van der Waals surface area contributed by atoms with Gasteiger partial charge in [0.15, 0.2) is 11.5 Å². The van der Waals surface area contributed by atoms with Gasteiger partial charge in [-0.05, 0) is 54.2 Å². The number of hydrogen-bond acceptors (Lipinski definition) is 3. The van der Waals surface area contributed by atoms with Gasteiger partial charge in [-0.2, -0.15) is 0 Å². The summed E-state index contributed by atoms with van der Waals surface area (Å²) in [5.74, 6) is 1.56. The number of aromatic hydroxyl groups is 2. The highest BCUT2D eigenvalue weighted by atomic mass is 16.5. The van der Waals surface area contributed by atoms with E-state index < -0.39 is 0 Å². The summed E-state index contributed by atoms with van der Waals surface area (Å²) >= 11 is 0. The normalized spacial score (nSPS) is 20.5. The third kappa shape index (κ3) is 2.52. The Hall–Kier alpha value is -2.16. The molecule has 0 aliphatic carbocycles. The molecule has 116 valence electrons. The highest BCUT2D eigenvalue weighted by Gasteiger charge is 2.33. The Morgan fingerprint density at radius 1 is 1.14 bits per heavy atom. The molecule has 0 aromatic heterocycles. The zero-order chi connectivity index (χ0) is 15.9. The average molecular weight is 298 g/mol.